The maximum absolute atomic E-state index is 12.9. The smallest absolute Gasteiger partial charge is 0.295 e. The Labute approximate surface area is 175 Å². The van der Waals surface area contributed by atoms with E-state index < -0.39 is 17.7 Å². The number of halogens is 1. The van der Waals surface area contributed by atoms with Crippen LogP contribution in [0.15, 0.2) is 48.0 Å². The van der Waals surface area contributed by atoms with Crippen molar-refractivity contribution in [2.45, 2.75) is 26.3 Å². The largest absolute Gasteiger partial charge is 0.507 e. The highest BCUT2D eigenvalue weighted by Crippen LogP contribution is 2.40. The number of amides is 1. The number of likely N-dealkylation sites (tertiary alicyclic amines) is 1. The Kier molecular flexibility index (Phi) is 6.40. The molecule has 3 rings (SSSR count). The van der Waals surface area contributed by atoms with Gasteiger partial charge in [0.05, 0.1) is 11.6 Å². The minimum Gasteiger partial charge on any atom is -0.507 e. The number of benzene rings is 2. The van der Waals surface area contributed by atoms with Crippen LogP contribution in [-0.2, 0) is 14.3 Å². The van der Waals surface area contributed by atoms with Gasteiger partial charge in [-0.05, 0) is 49.6 Å². The van der Waals surface area contributed by atoms with Gasteiger partial charge in [-0.15, -0.1) is 0 Å². The van der Waals surface area contributed by atoms with Crippen LogP contribution in [0.2, 0.25) is 5.02 Å². The zero-order valence-corrected chi connectivity index (χ0v) is 17.5. The van der Waals surface area contributed by atoms with Crippen molar-refractivity contribution >= 4 is 29.1 Å². The van der Waals surface area contributed by atoms with E-state index in [-0.39, 0.29) is 11.3 Å². The van der Waals surface area contributed by atoms with Crippen LogP contribution in [0.1, 0.15) is 34.7 Å². The number of Topliss-reactive ketones (excluding diaryl/α,β-unsaturated/α-hetero) is 1. The molecule has 1 atom stereocenters. The van der Waals surface area contributed by atoms with E-state index >= 15 is 0 Å². The molecule has 2 aromatic rings. The van der Waals surface area contributed by atoms with Crippen molar-refractivity contribution in [3.8, 4) is 0 Å². The molecule has 29 heavy (non-hydrogen) atoms. The number of aliphatic hydroxyl groups excluding tert-OH is 1. The van der Waals surface area contributed by atoms with Crippen LogP contribution in [-0.4, -0.2) is 42.0 Å². The standard InChI is InChI=1S/C23H24ClNO4/c1-14-5-6-15(2)18(13-14)21(26)19-20(16-7-9-17(24)10-8-16)25(11-4-12-29-3)23(28)22(19)27/h5-10,13,20,26H,4,11-12H2,1-3H3. The van der Waals surface area contributed by atoms with Gasteiger partial charge >= 0.3 is 0 Å². The number of aryl methyl sites for hydroxylation is 2. The second-order valence-corrected chi connectivity index (χ2v) is 7.65. The Morgan fingerprint density at radius 1 is 1.14 bits per heavy atom. The third kappa shape index (κ3) is 4.21. The van der Waals surface area contributed by atoms with Crippen molar-refractivity contribution in [3.05, 3.63) is 75.3 Å². The summed E-state index contributed by atoms with van der Waals surface area (Å²) < 4.78 is 5.09. The first kappa shape index (κ1) is 21.1. The third-order valence-electron chi connectivity index (χ3n) is 5.12. The number of nitrogens with zero attached hydrogens (tertiary/aromatic N) is 1. The summed E-state index contributed by atoms with van der Waals surface area (Å²) in [5, 5.41) is 11.7. The van der Waals surface area contributed by atoms with Gasteiger partial charge in [-0.3, -0.25) is 9.59 Å². The summed E-state index contributed by atoms with van der Waals surface area (Å²) in [6, 6.07) is 11.9. The molecule has 1 fully saturated rings. The first-order chi connectivity index (χ1) is 13.8. The summed E-state index contributed by atoms with van der Waals surface area (Å²) in [5.41, 5.74) is 3.16. The summed E-state index contributed by atoms with van der Waals surface area (Å²) in [5.74, 6) is -1.45. The van der Waals surface area contributed by atoms with Crippen LogP contribution < -0.4 is 0 Å². The van der Waals surface area contributed by atoms with Gasteiger partial charge in [-0.2, -0.15) is 0 Å². The monoisotopic (exact) mass is 413 g/mol. The van der Waals surface area contributed by atoms with Crippen LogP contribution in [0.5, 0.6) is 0 Å². The van der Waals surface area contributed by atoms with Crippen molar-refractivity contribution < 1.29 is 19.4 Å². The van der Waals surface area contributed by atoms with Crippen LogP contribution in [0.3, 0.4) is 0 Å². The molecule has 0 aromatic heterocycles. The molecule has 0 bridgehead atoms. The Hall–Kier alpha value is -2.63. The molecule has 0 spiro atoms. The second kappa shape index (κ2) is 8.80. The maximum atomic E-state index is 12.9. The molecular formula is C23H24ClNO4. The maximum Gasteiger partial charge on any atom is 0.295 e. The molecule has 0 radical (unpaired) electrons. The van der Waals surface area contributed by atoms with E-state index in [1.807, 2.05) is 32.0 Å². The van der Waals surface area contributed by atoms with Gasteiger partial charge < -0.3 is 14.7 Å². The van der Waals surface area contributed by atoms with Crippen molar-refractivity contribution in [2.75, 3.05) is 20.3 Å². The van der Waals surface area contributed by atoms with Gasteiger partial charge in [0.1, 0.15) is 5.76 Å². The molecule has 5 nitrogen and oxygen atoms in total. The molecular weight excluding hydrogens is 390 g/mol. The van der Waals surface area contributed by atoms with E-state index in [9.17, 15) is 14.7 Å². The molecule has 1 heterocycles. The Morgan fingerprint density at radius 2 is 1.83 bits per heavy atom. The summed E-state index contributed by atoms with van der Waals surface area (Å²) in [4.78, 5) is 27.3. The Balaban J connectivity index is 2.16. The van der Waals surface area contributed by atoms with Crippen molar-refractivity contribution in [1.29, 1.82) is 0 Å². The minimum absolute atomic E-state index is 0.100. The van der Waals surface area contributed by atoms with Gasteiger partial charge in [0, 0.05) is 30.8 Å². The lowest BCUT2D eigenvalue weighted by molar-refractivity contribution is -0.140. The fourth-order valence-electron chi connectivity index (χ4n) is 3.62. The van der Waals surface area contributed by atoms with E-state index in [1.54, 1.807) is 31.4 Å². The third-order valence-corrected chi connectivity index (χ3v) is 5.37. The molecule has 1 aliphatic rings. The number of aliphatic hydroxyl groups is 1. The lowest BCUT2D eigenvalue weighted by atomic mass is 9.93. The fraction of sp³-hybridized carbons (Fsp3) is 0.304. The molecule has 2 aromatic carbocycles. The highest BCUT2D eigenvalue weighted by Gasteiger charge is 2.45. The van der Waals surface area contributed by atoms with Gasteiger partial charge in [-0.25, -0.2) is 0 Å². The molecule has 1 aliphatic heterocycles. The fourth-order valence-corrected chi connectivity index (χ4v) is 3.74. The normalized spacial score (nSPS) is 18.5. The van der Waals surface area contributed by atoms with E-state index in [2.05, 4.69) is 0 Å². The number of rotatable bonds is 6. The molecule has 1 N–H and O–H groups in total. The molecule has 1 unspecified atom stereocenters. The molecule has 0 saturated carbocycles. The quantitative estimate of drug-likeness (QED) is 0.329. The summed E-state index contributed by atoms with van der Waals surface area (Å²) >= 11 is 6.02. The van der Waals surface area contributed by atoms with Gasteiger partial charge in [0.2, 0.25) is 0 Å². The summed E-state index contributed by atoms with van der Waals surface area (Å²) in [7, 11) is 1.59. The number of carbonyl (C=O) groups is 2. The number of hydrogen-bond acceptors (Lipinski definition) is 4. The summed E-state index contributed by atoms with van der Waals surface area (Å²) in [6.07, 6.45) is 0.580. The van der Waals surface area contributed by atoms with E-state index in [1.165, 1.54) is 4.90 Å². The highest BCUT2D eigenvalue weighted by atomic mass is 35.5. The van der Waals surface area contributed by atoms with Crippen LogP contribution >= 0.6 is 11.6 Å². The number of hydrogen-bond donors (Lipinski definition) is 1. The van der Waals surface area contributed by atoms with Gasteiger partial charge in [0.15, 0.2) is 0 Å². The number of ether oxygens (including phenoxy) is 1. The SMILES string of the molecule is COCCCN1C(=O)C(=O)C(=C(O)c2cc(C)ccc2C)C1c1ccc(Cl)cc1. The molecule has 1 amide bonds. The lowest BCUT2D eigenvalue weighted by Crippen LogP contribution is -2.31. The number of carbonyl (C=O) groups excluding carboxylic acids is 2. The Morgan fingerprint density at radius 3 is 2.48 bits per heavy atom. The van der Waals surface area contributed by atoms with Gasteiger partial charge in [0.25, 0.3) is 11.7 Å². The van der Waals surface area contributed by atoms with Crippen LogP contribution in [0, 0.1) is 13.8 Å². The second-order valence-electron chi connectivity index (χ2n) is 7.21. The molecule has 0 aliphatic carbocycles. The van der Waals surface area contributed by atoms with Crippen molar-refractivity contribution in [1.82, 2.24) is 4.90 Å². The van der Waals surface area contributed by atoms with Gasteiger partial charge in [-0.1, -0.05) is 41.4 Å². The van der Waals surface area contributed by atoms with Crippen molar-refractivity contribution in [3.63, 3.8) is 0 Å². The number of ketones is 1. The number of methoxy groups -OCH3 is 1. The van der Waals surface area contributed by atoms with E-state index in [0.29, 0.717) is 30.2 Å². The zero-order valence-electron chi connectivity index (χ0n) is 16.7. The average Bonchev–Trinajstić information content (AvgIpc) is 2.95. The topological polar surface area (TPSA) is 66.8 Å². The van der Waals surface area contributed by atoms with Crippen molar-refractivity contribution in [2.24, 2.45) is 0 Å². The van der Waals surface area contributed by atoms with Crippen LogP contribution in [0.4, 0.5) is 0 Å². The lowest BCUT2D eigenvalue weighted by Gasteiger charge is -2.25. The predicted octanol–water partition coefficient (Wildman–Crippen LogP) is 4.42. The minimum atomic E-state index is -0.680. The predicted molar refractivity (Wildman–Crippen MR) is 113 cm³/mol. The molecule has 152 valence electrons. The van der Waals surface area contributed by atoms with Crippen LogP contribution in [0.25, 0.3) is 5.76 Å². The molecule has 6 heteroatoms. The first-order valence-electron chi connectivity index (χ1n) is 9.45. The molecule has 1 saturated heterocycles. The summed E-state index contributed by atoms with van der Waals surface area (Å²) in [6.45, 7) is 4.58. The first-order valence-corrected chi connectivity index (χ1v) is 9.83. The zero-order chi connectivity index (χ0) is 21.1. The average molecular weight is 414 g/mol. The Bertz CT molecular complexity index is 965. The van der Waals surface area contributed by atoms with E-state index in [0.717, 1.165) is 16.7 Å². The van der Waals surface area contributed by atoms with E-state index in [4.69, 9.17) is 16.3 Å². The highest BCUT2D eigenvalue weighted by molar-refractivity contribution is 6.46.